The third-order valence-corrected chi connectivity index (χ3v) is 3.49. The molecule has 0 saturated carbocycles. The van der Waals surface area contributed by atoms with Crippen molar-refractivity contribution in [3.8, 4) is 11.6 Å². The van der Waals surface area contributed by atoms with Gasteiger partial charge in [-0.25, -0.2) is 4.39 Å². The number of ether oxygens (including phenoxy) is 1. The number of fused-ring (bicyclic) bond motifs is 1. The first-order valence-electron chi connectivity index (χ1n) is 7.15. The maximum Gasteiger partial charge on any atom is 0.302 e. The second kappa shape index (κ2) is 6.49. The Labute approximate surface area is 136 Å². The van der Waals surface area contributed by atoms with Gasteiger partial charge in [-0.15, -0.1) is 10.2 Å². The molecule has 1 amide bonds. The molecular formula is C17H14FN3O3. The number of hydrogen-bond acceptors (Lipinski definition) is 4. The first kappa shape index (κ1) is 15.7. The van der Waals surface area contributed by atoms with Crippen molar-refractivity contribution in [3.63, 3.8) is 0 Å². The van der Waals surface area contributed by atoms with E-state index in [9.17, 15) is 14.3 Å². The van der Waals surface area contributed by atoms with Gasteiger partial charge in [-0.2, -0.15) is 0 Å². The van der Waals surface area contributed by atoms with Crippen LogP contribution in [0.3, 0.4) is 0 Å². The summed E-state index contributed by atoms with van der Waals surface area (Å²) in [5.74, 6) is -0.730. The summed E-state index contributed by atoms with van der Waals surface area (Å²) in [7, 11) is 1.69. The van der Waals surface area contributed by atoms with E-state index in [0.717, 1.165) is 5.52 Å². The van der Waals surface area contributed by atoms with Crippen LogP contribution >= 0.6 is 0 Å². The van der Waals surface area contributed by atoms with E-state index in [2.05, 4.69) is 10.2 Å². The van der Waals surface area contributed by atoms with Crippen LogP contribution in [0.1, 0.15) is 0 Å². The number of aryl methyl sites for hydroxylation is 1. The molecule has 0 atom stereocenters. The zero-order chi connectivity index (χ0) is 17.1. The molecule has 0 aliphatic carbocycles. The second-order valence-electron chi connectivity index (χ2n) is 5.08. The molecule has 0 fully saturated rings. The van der Waals surface area contributed by atoms with E-state index in [4.69, 9.17) is 4.74 Å². The summed E-state index contributed by atoms with van der Waals surface area (Å²) in [6, 6.07) is 12.5. The van der Waals surface area contributed by atoms with E-state index >= 15 is 0 Å². The van der Waals surface area contributed by atoms with Gasteiger partial charge < -0.3 is 14.4 Å². The molecule has 0 bridgehead atoms. The maximum absolute atomic E-state index is 12.8. The van der Waals surface area contributed by atoms with Gasteiger partial charge in [0, 0.05) is 12.4 Å². The van der Waals surface area contributed by atoms with Crippen LogP contribution in [-0.4, -0.2) is 22.2 Å². The van der Waals surface area contributed by atoms with Gasteiger partial charge in [0.1, 0.15) is 11.6 Å². The van der Waals surface area contributed by atoms with Gasteiger partial charge in [0.05, 0.1) is 5.52 Å². The summed E-state index contributed by atoms with van der Waals surface area (Å²) in [6.45, 7) is -0.333. The Morgan fingerprint density at radius 3 is 2.67 bits per heavy atom. The van der Waals surface area contributed by atoms with Crippen molar-refractivity contribution in [3.05, 3.63) is 54.3 Å². The maximum atomic E-state index is 12.8. The lowest BCUT2D eigenvalue weighted by Gasteiger charge is -2.02. The summed E-state index contributed by atoms with van der Waals surface area (Å²) < 4.78 is 19.5. The quantitative estimate of drug-likeness (QED) is 0.742. The lowest BCUT2D eigenvalue weighted by molar-refractivity contribution is -0.120. The topological polar surface area (TPSA) is 76.2 Å². The minimum atomic E-state index is -0.619. The zero-order valence-electron chi connectivity index (χ0n) is 12.8. The number of azo groups is 1. The van der Waals surface area contributed by atoms with Crippen molar-refractivity contribution in [2.75, 3.05) is 6.61 Å². The normalized spacial score (nSPS) is 11.2. The van der Waals surface area contributed by atoms with Crippen molar-refractivity contribution < 1.29 is 19.0 Å². The number of nitrogens with zero attached hydrogens (tertiary/aromatic N) is 3. The minimum absolute atomic E-state index is 0.0767. The van der Waals surface area contributed by atoms with Gasteiger partial charge in [0.15, 0.2) is 12.3 Å². The predicted octanol–water partition coefficient (Wildman–Crippen LogP) is 3.71. The van der Waals surface area contributed by atoms with Crippen molar-refractivity contribution in [1.29, 1.82) is 0 Å². The second-order valence-corrected chi connectivity index (χ2v) is 5.08. The number of amides is 1. The average Bonchev–Trinajstić information content (AvgIpc) is 2.84. The Kier molecular flexibility index (Phi) is 4.24. The van der Waals surface area contributed by atoms with E-state index in [1.165, 1.54) is 24.3 Å². The number of para-hydroxylation sites is 1. The molecule has 0 unspecified atom stereocenters. The molecule has 3 aromatic rings. The molecule has 0 radical (unpaired) electrons. The molecule has 1 heterocycles. The molecule has 6 nitrogen and oxygen atoms in total. The highest BCUT2D eigenvalue weighted by Crippen LogP contribution is 2.37. The highest BCUT2D eigenvalue weighted by Gasteiger charge is 2.14. The van der Waals surface area contributed by atoms with Crippen LogP contribution < -0.4 is 4.74 Å². The standard InChI is InChI=1S/C17H14FN3O3/c1-21-14-5-3-2-4-13(14)16(17(21)23)20-19-15(22)10-24-12-8-6-11(18)7-9-12/h2-9,23H,10H2,1H3. The van der Waals surface area contributed by atoms with Crippen LogP contribution in [0.4, 0.5) is 10.1 Å². The average molecular weight is 327 g/mol. The summed E-state index contributed by atoms with van der Waals surface area (Å²) in [6.07, 6.45) is 0. The molecule has 0 spiro atoms. The molecule has 0 saturated heterocycles. The molecule has 2 aromatic carbocycles. The van der Waals surface area contributed by atoms with E-state index in [1.807, 2.05) is 12.1 Å². The van der Waals surface area contributed by atoms with Crippen LogP contribution in [0, 0.1) is 5.82 Å². The molecule has 24 heavy (non-hydrogen) atoms. The smallest absolute Gasteiger partial charge is 0.302 e. The van der Waals surface area contributed by atoms with Crippen LogP contribution in [0.5, 0.6) is 11.6 Å². The summed E-state index contributed by atoms with van der Waals surface area (Å²) >= 11 is 0. The van der Waals surface area contributed by atoms with Gasteiger partial charge in [0.2, 0.25) is 5.88 Å². The molecule has 0 aliphatic rings. The number of halogens is 1. The van der Waals surface area contributed by atoms with Crippen LogP contribution in [0.2, 0.25) is 0 Å². The predicted molar refractivity (Wildman–Crippen MR) is 86.0 cm³/mol. The Morgan fingerprint density at radius 1 is 1.21 bits per heavy atom. The SMILES string of the molecule is Cn1c(O)c(N=NC(=O)COc2ccc(F)cc2)c2ccccc21. The molecular weight excluding hydrogens is 313 g/mol. The van der Waals surface area contributed by atoms with E-state index < -0.39 is 5.91 Å². The fraction of sp³-hybridized carbons (Fsp3) is 0.118. The molecule has 0 aliphatic heterocycles. The Bertz CT molecular complexity index is 917. The number of benzene rings is 2. The fourth-order valence-electron chi connectivity index (χ4n) is 2.27. The van der Waals surface area contributed by atoms with Crippen LogP contribution in [0.25, 0.3) is 10.9 Å². The molecule has 1 aromatic heterocycles. The van der Waals surface area contributed by atoms with E-state index in [0.29, 0.717) is 11.1 Å². The summed E-state index contributed by atoms with van der Waals surface area (Å²) in [5, 5.41) is 18.2. The third-order valence-electron chi connectivity index (χ3n) is 3.49. The molecule has 7 heteroatoms. The largest absolute Gasteiger partial charge is 0.493 e. The number of aromatic nitrogens is 1. The lowest BCUT2D eigenvalue weighted by atomic mass is 10.2. The van der Waals surface area contributed by atoms with Crippen LogP contribution in [-0.2, 0) is 11.8 Å². The summed E-state index contributed by atoms with van der Waals surface area (Å²) in [5.41, 5.74) is 1.00. The summed E-state index contributed by atoms with van der Waals surface area (Å²) in [4.78, 5) is 11.8. The number of hydrogen-bond donors (Lipinski definition) is 1. The van der Waals surface area contributed by atoms with Gasteiger partial charge in [-0.1, -0.05) is 18.2 Å². The Hall–Kier alpha value is -3.22. The Balaban J connectivity index is 1.72. The molecule has 122 valence electrons. The van der Waals surface area contributed by atoms with Gasteiger partial charge in [-0.05, 0) is 30.3 Å². The van der Waals surface area contributed by atoms with Crippen molar-refractivity contribution >= 4 is 22.5 Å². The van der Waals surface area contributed by atoms with E-state index in [-0.39, 0.29) is 24.0 Å². The first-order chi connectivity index (χ1) is 11.6. The first-order valence-corrected chi connectivity index (χ1v) is 7.15. The number of carbonyl (C=O) groups excluding carboxylic acids is 1. The molecule has 1 N–H and O–H groups in total. The zero-order valence-corrected chi connectivity index (χ0v) is 12.8. The molecule has 3 rings (SSSR count). The number of aromatic hydroxyl groups is 1. The van der Waals surface area contributed by atoms with E-state index in [1.54, 1.807) is 23.7 Å². The van der Waals surface area contributed by atoms with Gasteiger partial charge >= 0.3 is 5.91 Å². The van der Waals surface area contributed by atoms with Crippen molar-refractivity contribution in [1.82, 2.24) is 4.57 Å². The minimum Gasteiger partial charge on any atom is -0.493 e. The third kappa shape index (κ3) is 3.10. The number of rotatable bonds is 4. The number of carbonyl (C=O) groups is 1. The van der Waals surface area contributed by atoms with Crippen molar-refractivity contribution in [2.45, 2.75) is 0 Å². The monoisotopic (exact) mass is 327 g/mol. The van der Waals surface area contributed by atoms with Gasteiger partial charge in [-0.3, -0.25) is 4.79 Å². The van der Waals surface area contributed by atoms with Crippen molar-refractivity contribution in [2.24, 2.45) is 17.3 Å². The van der Waals surface area contributed by atoms with Gasteiger partial charge in [0.25, 0.3) is 0 Å². The highest BCUT2D eigenvalue weighted by atomic mass is 19.1. The fourth-order valence-corrected chi connectivity index (χ4v) is 2.27. The highest BCUT2D eigenvalue weighted by molar-refractivity contribution is 5.95. The Morgan fingerprint density at radius 2 is 1.92 bits per heavy atom. The lowest BCUT2D eigenvalue weighted by Crippen LogP contribution is -2.07. The van der Waals surface area contributed by atoms with Crippen LogP contribution in [0.15, 0.2) is 58.8 Å².